The molecule has 0 aliphatic carbocycles. The summed E-state index contributed by atoms with van der Waals surface area (Å²) in [5, 5.41) is 5.29. The zero-order valence-electron chi connectivity index (χ0n) is 20.0. The van der Waals surface area contributed by atoms with Crippen LogP contribution in [0.2, 0.25) is 10.0 Å². The van der Waals surface area contributed by atoms with Crippen molar-refractivity contribution >= 4 is 35.0 Å². The number of aromatic nitrogens is 2. The number of nitrogens with zero attached hydrogens (tertiary/aromatic N) is 4. The van der Waals surface area contributed by atoms with E-state index in [2.05, 4.69) is 5.10 Å². The topological polar surface area (TPSA) is 58.4 Å². The van der Waals surface area contributed by atoms with E-state index in [-0.39, 0.29) is 29.4 Å². The zero-order chi connectivity index (χ0) is 26.6. The van der Waals surface area contributed by atoms with Crippen molar-refractivity contribution in [2.75, 3.05) is 6.54 Å². The summed E-state index contributed by atoms with van der Waals surface area (Å²) in [6.45, 7) is 4.75. The average Bonchev–Trinajstić information content (AvgIpc) is 3.22. The maximum absolute atomic E-state index is 13.7. The lowest BCUT2D eigenvalue weighted by molar-refractivity contribution is -0.137. The number of fused-ring (bicyclic) bond motifs is 3. The maximum Gasteiger partial charge on any atom is 0.416 e. The van der Waals surface area contributed by atoms with E-state index in [1.165, 1.54) is 18.2 Å². The Hall–Kier alpha value is -3.04. The monoisotopic (exact) mass is 550 g/mol. The first kappa shape index (κ1) is 25.6. The van der Waals surface area contributed by atoms with Gasteiger partial charge in [-0.2, -0.15) is 18.3 Å². The van der Waals surface area contributed by atoms with E-state index in [0.717, 1.165) is 17.8 Å². The third-order valence-corrected chi connectivity index (χ3v) is 7.85. The van der Waals surface area contributed by atoms with Gasteiger partial charge in [-0.3, -0.25) is 14.3 Å². The van der Waals surface area contributed by atoms with Gasteiger partial charge in [0, 0.05) is 30.1 Å². The largest absolute Gasteiger partial charge is 0.416 e. The normalized spacial score (nSPS) is 18.5. The summed E-state index contributed by atoms with van der Waals surface area (Å²) in [6, 6.07) is 8.99. The molecule has 194 valence electrons. The minimum atomic E-state index is -4.42. The minimum Gasteiger partial charge on any atom is -0.331 e. The van der Waals surface area contributed by atoms with Crippen molar-refractivity contribution in [3.8, 4) is 0 Å². The molecule has 3 aromatic rings. The Kier molecular flexibility index (Phi) is 6.48. The molecule has 6 nitrogen and oxygen atoms in total. The van der Waals surface area contributed by atoms with Crippen LogP contribution in [-0.2, 0) is 25.7 Å². The molecular formula is C26H23Cl2F3N4O2. The van der Waals surface area contributed by atoms with E-state index in [4.69, 9.17) is 23.2 Å². The highest BCUT2D eigenvalue weighted by Crippen LogP contribution is 2.34. The number of carbonyl (C=O) groups excluding carboxylic acids is 2. The summed E-state index contributed by atoms with van der Waals surface area (Å²) in [4.78, 5) is 30.3. The predicted octanol–water partition coefficient (Wildman–Crippen LogP) is 6.01. The van der Waals surface area contributed by atoms with Crippen molar-refractivity contribution in [2.24, 2.45) is 0 Å². The summed E-state index contributed by atoms with van der Waals surface area (Å²) in [5.41, 5.74) is 2.15. The van der Waals surface area contributed by atoms with E-state index >= 15 is 0 Å². The number of amides is 2. The number of benzene rings is 2. The third kappa shape index (κ3) is 4.59. The van der Waals surface area contributed by atoms with Gasteiger partial charge >= 0.3 is 6.18 Å². The number of hydrogen-bond acceptors (Lipinski definition) is 3. The van der Waals surface area contributed by atoms with E-state index < -0.39 is 17.8 Å². The second kappa shape index (κ2) is 9.36. The van der Waals surface area contributed by atoms with Gasteiger partial charge in [0.15, 0.2) is 0 Å². The quantitative estimate of drug-likeness (QED) is 0.401. The lowest BCUT2D eigenvalue weighted by atomic mass is 9.97. The highest BCUT2D eigenvalue weighted by Gasteiger charge is 2.39. The van der Waals surface area contributed by atoms with Crippen molar-refractivity contribution in [3.05, 3.63) is 86.2 Å². The Labute approximate surface area is 221 Å². The van der Waals surface area contributed by atoms with Crippen LogP contribution >= 0.6 is 23.2 Å². The Morgan fingerprint density at radius 3 is 2.43 bits per heavy atom. The van der Waals surface area contributed by atoms with Gasteiger partial charge in [0.25, 0.3) is 11.8 Å². The van der Waals surface area contributed by atoms with Crippen LogP contribution in [0.4, 0.5) is 13.2 Å². The van der Waals surface area contributed by atoms with Crippen LogP contribution in [0.25, 0.3) is 0 Å². The first-order chi connectivity index (χ1) is 17.5. The molecule has 2 aliphatic rings. The Bertz CT molecular complexity index is 1390. The van der Waals surface area contributed by atoms with Crippen LogP contribution < -0.4 is 0 Å². The first-order valence-corrected chi connectivity index (χ1v) is 12.5. The van der Waals surface area contributed by atoms with Gasteiger partial charge in [0.1, 0.15) is 5.69 Å². The van der Waals surface area contributed by atoms with Gasteiger partial charge < -0.3 is 9.80 Å². The molecule has 0 fully saturated rings. The molecule has 0 saturated heterocycles. The van der Waals surface area contributed by atoms with Crippen molar-refractivity contribution in [1.29, 1.82) is 0 Å². The van der Waals surface area contributed by atoms with Gasteiger partial charge in [-0.25, -0.2) is 0 Å². The highest BCUT2D eigenvalue weighted by molar-refractivity contribution is 6.42. The van der Waals surface area contributed by atoms with Crippen LogP contribution in [0.3, 0.4) is 0 Å². The molecule has 2 aliphatic heterocycles. The number of alkyl halides is 3. The van der Waals surface area contributed by atoms with E-state index in [1.54, 1.807) is 33.5 Å². The zero-order valence-corrected chi connectivity index (χ0v) is 21.5. The second-order valence-electron chi connectivity index (χ2n) is 9.41. The van der Waals surface area contributed by atoms with Crippen LogP contribution in [-0.4, -0.2) is 44.0 Å². The fourth-order valence-electron chi connectivity index (χ4n) is 5.00. The van der Waals surface area contributed by atoms with Gasteiger partial charge in [0.2, 0.25) is 0 Å². The average molecular weight is 551 g/mol. The van der Waals surface area contributed by atoms with E-state index in [9.17, 15) is 22.8 Å². The Balaban J connectivity index is 1.41. The van der Waals surface area contributed by atoms with Gasteiger partial charge in [-0.05, 0) is 49.7 Å². The Morgan fingerprint density at radius 2 is 1.78 bits per heavy atom. The van der Waals surface area contributed by atoms with Gasteiger partial charge in [0.05, 0.1) is 40.4 Å². The number of halogens is 5. The number of hydrogen-bond donors (Lipinski definition) is 0. The van der Waals surface area contributed by atoms with E-state index in [0.29, 0.717) is 46.9 Å². The second-order valence-corrected chi connectivity index (χ2v) is 10.2. The van der Waals surface area contributed by atoms with Crippen LogP contribution in [0.1, 0.15) is 63.1 Å². The third-order valence-electron chi connectivity index (χ3n) is 7.11. The van der Waals surface area contributed by atoms with E-state index in [1.807, 2.05) is 6.92 Å². The Morgan fingerprint density at radius 1 is 1.08 bits per heavy atom. The predicted molar refractivity (Wildman–Crippen MR) is 133 cm³/mol. The van der Waals surface area contributed by atoms with Crippen molar-refractivity contribution in [3.63, 3.8) is 0 Å². The van der Waals surface area contributed by atoms with Crippen LogP contribution in [0.5, 0.6) is 0 Å². The summed E-state index contributed by atoms with van der Waals surface area (Å²) in [7, 11) is 0. The molecule has 0 saturated carbocycles. The fraction of sp³-hybridized carbons (Fsp3) is 0.346. The number of carbonyl (C=O) groups is 2. The van der Waals surface area contributed by atoms with Crippen molar-refractivity contribution < 1.29 is 22.8 Å². The molecule has 0 radical (unpaired) electrons. The van der Waals surface area contributed by atoms with Crippen LogP contribution in [0, 0.1) is 0 Å². The molecule has 0 bridgehead atoms. The molecule has 0 unspecified atom stereocenters. The lowest BCUT2D eigenvalue weighted by Crippen LogP contribution is -2.44. The molecule has 2 aromatic carbocycles. The molecule has 37 heavy (non-hydrogen) atoms. The van der Waals surface area contributed by atoms with Crippen molar-refractivity contribution in [1.82, 2.24) is 19.6 Å². The summed E-state index contributed by atoms with van der Waals surface area (Å²) >= 11 is 12.1. The molecular weight excluding hydrogens is 528 g/mol. The van der Waals surface area contributed by atoms with Crippen molar-refractivity contribution in [2.45, 2.75) is 51.6 Å². The lowest BCUT2D eigenvalue weighted by Gasteiger charge is -2.35. The molecule has 2 amide bonds. The SMILES string of the molecule is C[C@@H]1Cc2nn3c(c2CN1C(=O)c1ccc(Cl)c(Cl)c1)C(=O)N([C@@H](C)c1ccc(C(F)(F)F)cc1)CC3. The molecule has 11 heteroatoms. The molecule has 0 N–H and O–H groups in total. The maximum atomic E-state index is 13.7. The molecule has 2 atom stereocenters. The molecule has 0 spiro atoms. The highest BCUT2D eigenvalue weighted by atomic mass is 35.5. The minimum absolute atomic E-state index is 0.149. The van der Waals surface area contributed by atoms with Gasteiger partial charge in [-0.1, -0.05) is 35.3 Å². The summed E-state index contributed by atoms with van der Waals surface area (Å²) in [5.74, 6) is -0.487. The summed E-state index contributed by atoms with van der Waals surface area (Å²) < 4.78 is 40.6. The summed E-state index contributed by atoms with van der Waals surface area (Å²) in [6.07, 6.45) is -3.93. The molecule has 3 heterocycles. The van der Waals surface area contributed by atoms with Gasteiger partial charge in [-0.15, -0.1) is 0 Å². The van der Waals surface area contributed by atoms with Crippen LogP contribution in [0.15, 0.2) is 42.5 Å². The molecule has 5 rings (SSSR count). The fourth-order valence-corrected chi connectivity index (χ4v) is 5.30. The standard InChI is InChI=1S/C26H23Cl2F3N4O2/c1-14-11-22-19(13-34(14)24(36)17-5-8-20(27)21(28)12-17)23-25(37)33(9-10-35(23)32-22)15(2)16-3-6-18(7-4-16)26(29,30)31/h3-8,12,14-15H,9-11,13H2,1-2H3/t14-,15+/m1/s1. The smallest absolute Gasteiger partial charge is 0.331 e. The molecule has 1 aromatic heterocycles. The first-order valence-electron chi connectivity index (χ1n) is 11.8. The number of rotatable bonds is 3.